The SMILES string of the molecule is COc1ccc(CNC(=O)COC(=O)c2cccc(NC(C)=O)c2)cc1. The third kappa shape index (κ3) is 5.94. The zero-order valence-electron chi connectivity index (χ0n) is 14.6. The van der Waals surface area contributed by atoms with Crippen LogP contribution >= 0.6 is 0 Å². The summed E-state index contributed by atoms with van der Waals surface area (Å²) in [6.45, 7) is 1.30. The van der Waals surface area contributed by atoms with E-state index in [4.69, 9.17) is 9.47 Å². The maximum Gasteiger partial charge on any atom is 0.338 e. The summed E-state index contributed by atoms with van der Waals surface area (Å²) in [6, 6.07) is 13.6. The highest BCUT2D eigenvalue weighted by atomic mass is 16.5. The molecule has 0 spiro atoms. The first-order chi connectivity index (χ1) is 12.5. The largest absolute Gasteiger partial charge is 0.497 e. The molecule has 0 aliphatic carbocycles. The molecule has 7 heteroatoms. The number of hydrogen-bond donors (Lipinski definition) is 2. The first kappa shape index (κ1) is 19.0. The van der Waals surface area contributed by atoms with Crippen molar-refractivity contribution in [1.82, 2.24) is 5.32 Å². The van der Waals surface area contributed by atoms with Crippen molar-refractivity contribution in [1.29, 1.82) is 0 Å². The predicted octanol–water partition coefficient (Wildman–Crippen LogP) is 2.13. The molecule has 7 nitrogen and oxygen atoms in total. The van der Waals surface area contributed by atoms with E-state index < -0.39 is 11.9 Å². The molecule has 0 radical (unpaired) electrons. The number of methoxy groups -OCH3 is 1. The molecule has 2 N–H and O–H groups in total. The van der Waals surface area contributed by atoms with Crippen LogP contribution < -0.4 is 15.4 Å². The van der Waals surface area contributed by atoms with Gasteiger partial charge in [0.2, 0.25) is 5.91 Å². The molecule has 26 heavy (non-hydrogen) atoms. The van der Waals surface area contributed by atoms with Gasteiger partial charge in [-0.15, -0.1) is 0 Å². The summed E-state index contributed by atoms with van der Waals surface area (Å²) in [5, 5.41) is 5.24. The molecule has 0 aromatic heterocycles. The second kappa shape index (κ2) is 9.22. The summed E-state index contributed by atoms with van der Waals surface area (Å²) in [7, 11) is 1.58. The average Bonchev–Trinajstić information content (AvgIpc) is 2.64. The number of nitrogens with one attached hydrogen (secondary N) is 2. The number of benzene rings is 2. The fourth-order valence-corrected chi connectivity index (χ4v) is 2.14. The molecule has 0 aliphatic rings. The van der Waals surface area contributed by atoms with Crippen molar-refractivity contribution in [2.75, 3.05) is 19.0 Å². The Morgan fingerprint density at radius 3 is 2.42 bits per heavy atom. The van der Waals surface area contributed by atoms with Gasteiger partial charge in [-0.2, -0.15) is 0 Å². The monoisotopic (exact) mass is 356 g/mol. The Morgan fingerprint density at radius 1 is 1.04 bits per heavy atom. The van der Waals surface area contributed by atoms with Gasteiger partial charge in [0.1, 0.15) is 5.75 Å². The zero-order chi connectivity index (χ0) is 18.9. The molecule has 2 aromatic carbocycles. The van der Waals surface area contributed by atoms with E-state index in [-0.39, 0.29) is 18.1 Å². The Bertz CT molecular complexity index is 787. The maximum atomic E-state index is 12.0. The van der Waals surface area contributed by atoms with E-state index in [9.17, 15) is 14.4 Å². The van der Waals surface area contributed by atoms with Crippen LogP contribution in [0.5, 0.6) is 5.75 Å². The predicted molar refractivity (Wildman–Crippen MR) is 95.9 cm³/mol. The van der Waals surface area contributed by atoms with Crippen molar-refractivity contribution in [3.05, 3.63) is 59.7 Å². The van der Waals surface area contributed by atoms with Gasteiger partial charge in [-0.3, -0.25) is 9.59 Å². The van der Waals surface area contributed by atoms with Crippen molar-refractivity contribution < 1.29 is 23.9 Å². The summed E-state index contributed by atoms with van der Waals surface area (Å²) in [5.41, 5.74) is 1.63. The second-order valence-electron chi connectivity index (χ2n) is 5.46. The summed E-state index contributed by atoms with van der Waals surface area (Å²) in [4.78, 5) is 34.9. The molecule has 0 heterocycles. The van der Waals surface area contributed by atoms with Crippen molar-refractivity contribution in [3.8, 4) is 5.75 Å². The van der Waals surface area contributed by atoms with Gasteiger partial charge in [0.25, 0.3) is 5.91 Å². The Morgan fingerprint density at radius 2 is 1.77 bits per heavy atom. The highest BCUT2D eigenvalue weighted by Crippen LogP contribution is 2.12. The van der Waals surface area contributed by atoms with Crippen LogP contribution in [0.3, 0.4) is 0 Å². The second-order valence-corrected chi connectivity index (χ2v) is 5.46. The van der Waals surface area contributed by atoms with Crippen LogP contribution in [0.15, 0.2) is 48.5 Å². The smallest absolute Gasteiger partial charge is 0.338 e. The van der Waals surface area contributed by atoms with E-state index in [0.717, 1.165) is 11.3 Å². The molecular formula is C19H20N2O5. The number of ether oxygens (including phenoxy) is 2. The number of anilines is 1. The van der Waals surface area contributed by atoms with Gasteiger partial charge >= 0.3 is 5.97 Å². The molecule has 0 bridgehead atoms. The number of amides is 2. The molecule has 0 atom stereocenters. The Hall–Kier alpha value is -3.35. The molecule has 0 saturated heterocycles. The molecular weight excluding hydrogens is 336 g/mol. The molecule has 2 amide bonds. The highest BCUT2D eigenvalue weighted by Gasteiger charge is 2.11. The van der Waals surface area contributed by atoms with Gasteiger partial charge in [-0.05, 0) is 35.9 Å². The summed E-state index contributed by atoms with van der Waals surface area (Å²) >= 11 is 0. The Kier molecular flexibility index (Phi) is 6.73. The van der Waals surface area contributed by atoms with Crippen LogP contribution in [0, 0.1) is 0 Å². The van der Waals surface area contributed by atoms with Gasteiger partial charge in [-0.25, -0.2) is 4.79 Å². The quantitative estimate of drug-likeness (QED) is 0.741. The number of rotatable bonds is 7. The van der Waals surface area contributed by atoms with E-state index in [1.807, 2.05) is 12.1 Å². The standard InChI is InChI=1S/C19H20N2O5/c1-13(22)21-16-5-3-4-15(10-16)19(24)26-12-18(23)20-11-14-6-8-17(25-2)9-7-14/h3-10H,11-12H2,1-2H3,(H,20,23)(H,21,22). The number of hydrogen-bond acceptors (Lipinski definition) is 5. The van der Waals surface area contributed by atoms with Gasteiger partial charge in [0.05, 0.1) is 12.7 Å². The van der Waals surface area contributed by atoms with Crippen LogP contribution in [0.1, 0.15) is 22.8 Å². The number of esters is 1. The Labute approximate surface area is 151 Å². The molecule has 2 rings (SSSR count). The van der Waals surface area contributed by atoms with Gasteiger partial charge in [0.15, 0.2) is 6.61 Å². The van der Waals surface area contributed by atoms with Crippen molar-refractivity contribution in [2.45, 2.75) is 13.5 Å². The molecule has 136 valence electrons. The molecule has 0 aliphatic heterocycles. The third-order valence-electron chi connectivity index (χ3n) is 3.40. The van der Waals surface area contributed by atoms with Crippen LogP contribution in [0.4, 0.5) is 5.69 Å². The van der Waals surface area contributed by atoms with Gasteiger partial charge < -0.3 is 20.1 Å². The van der Waals surface area contributed by atoms with E-state index >= 15 is 0 Å². The number of carbonyl (C=O) groups is 3. The van der Waals surface area contributed by atoms with Crippen molar-refractivity contribution in [3.63, 3.8) is 0 Å². The van der Waals surface area contributed by atoms with Gasteiger partial charge in [-0.1, -0.05) is 18.2 Å². The minimum atomic E-state index is -0.642. The lowest BCUT2D eigenvalue weighted by molar-refractivity contribution is -0.124. The third-order valence-corrected chi connectivity index (χ3v) is 3.40. The van der Waals surface area contributed by atoms with Crippen LogP contribution in [0.25, 0.3) is 0 Å². The van der Waals surface area contributed by atoms with Crippen LogP contribution in [0.2, 0.25) is 0 Å². The van der Waals surface area contributed by atoms with Crippen LogP contribution in [-0.4, -0.2) is 31.5 Å². The highest BCUT2D eigenvalue weighted by molar-refractivity contribution is 5.94. The summed E-state index contributed by atoms with van der Waals surface area (Å²) in [5.74, 6) is -0.562. The Balaban J connectivity index is 1.80. The average molecular weight is 356 g/mol. The lowest BCUT2D eigenvalue weighted by Crippen LogP contribution is -2.28. The van der Waals surface area contributed by atoms with E-state index in [2.05, 4.69) is 10.6 Å². The zero-order valence-corrected chi connectivity index (χ0v) is 14.6. The molecule has 2 aromatic rings. The van der Waals surface area contributed by atoms with E-state index in [1.165, 1.54) is 13.0 Å². The van der Waals surface area contributed by atoms with Crippen LogP contribution in [-0.2, 0) is 20.9 Å². The summed E-state index contributed by atoms with van der Waals surface area (Å²) in [6.07, 6.45) is 0. The maximum absolute atomic E-state index is 12.0. The normalized spacial score (nSPS) is 9.92. The minimum absolute atomic E-state index is 0.242. The minimum Gasteiger partial charge on any atom is -0.497 e. The van der Waals surface area contributed by atoms with E-state index in [0.29, 0.717) is 12.2 Å². The number of carbonyl (C=O) groups excluding carboxylic acids is 3. The fourth-order valence-electron chi connectivity index (χ4n) is 2.14. The lowest BCUT2D eigenvalue weighted by Gasteiger charge is -2.08. The van der Waals surface area contributed by atoms with E-state index in [1.54, 1.807) is 37.4 Å². The first-order valence-corrected chi connectivity index (χ1v) is 7.92. The molecule has 0 saturated carbocycles. The van der Waals surface area contributed by atoms with Crippen molar-refractivity contribution in [2.24, 2.45) is 0 Å². The summed E-state index contributed by atoms with van der Waals surface area (Å²) < 4.78 is 10.1. The topological polar surface area (TPSA) is 93.7 Å². The van der Waals surface area contributed by atoms with Crippen molar-refractivity contribution >= 4 is 23.5 Å². The molecule has 0 fully saturated rings. The lowest BCUT2D eigenvalue weighted by atomic mass is 10.2. The molecule has 0 unspecified atom stereocenters. The first-order valence-electron chi connectivity index (χ1n) is 7.92. The fraction of sp³-hybridized carbons (Fsp3) is 0.211. The van der Waals surface area contributed by atoms with Gasteiger partial charge in [0, 0.05) is 19.2 Å².